The minimum Gasteiger partial charge on any atom is -0.497 e. The molecule has 4 rings (SSSR count). The summed E-state index contributed by atoms with van der Waals surface area (Å²) >= 11 is 6.15. The van der Waals surface area contributed by atoms with Crippen molar-refractivity contribution in [3.05, 3.63) is 75.7 Å². The van der Waals surface area contributed by atoms with Gasteiger partial charge in [-0.1, -0.05) is 29.5 Å². The molecule has 1 atom stereocenters. The number of ether oxygens (including phenoxy) is 2. The smallest absolute Gasteiger partial charge is 0.409 e. The number of anilines is 1. The molecular weight excluding hydrogens is 452 g/mol. The van der Waals surface area contributed by atoms with E-state index in [0.29, 0.717) is 28.0 Å². The van der Waals surface area contributed by atoms with Crippen molar-refractivity contribution in [2.75, 3.05) is 12.0 Å². The highest BCUT2D eigenvalue weighted by Crippen LogP contribution is 2.35. The molecule has 0 aliphatic carbocycles. The predicted octanol–water partition coefficient (Wildman–Crippen LogP) is 5.68. The molecule has 0 bridgehead atoms. The lowest BCUT2D eigenvalue weighted by molar-refractivity contribution is 0.0519. The van der Waals surface area contributed by atoms with E-state index in [2.05, 4.69) is 11.0 Å². The molecule has 1 unspecified atom stereocenters. The summed E-state index contributed by atoms with van der Waals surface area (Å²) in [6, 6.07) is 13.2. The van der Waals surface area contributed by atoms with Gasteiger partial charge in [-0.3, -0.25) is 15.2 Å². The van der Waals surface area contributed by atoms with Gasteiger partial charge in [-0.15, -0.1) is 0 Å². The first-order valence-electron chi connectivity index (χ1n) is 10.9. The predicted molar refractivity (Wildman–Crippen MR) is 135 cm³/mol. The van der Waals surface area contributed by atoms with E-state index in [1.165, 1.54) is 0 Å². The minimum atomic E-state index is -0.814. The molecule has 34 heavy (non-hydrogen) atoms. The van der Waals surface area contributed by atoms with Gasteiger partial charge in [-0.05, 0) is 65.0 Å². The van der Waals surface area contributed by atoms with Crippen molar-refractivity contribution in [1.82, 2.24) is 5.32 Å². The van der Waals surface area contributed by atoms with Crippen molar-refractivity contribution in [3.8, 4) is 5.75 Å². The number of hydrogen-bond donors (Lipinski definition) is 1. The fourth-order valence-corrected chi connectivity index (χ4v) is 3.99. The summed E-state index contributed by atoms with van der Waals surface area (Å²) < 4.78 is 11.0. The summed E-state index contributed by atoms with van der Waals surface area (Å²) in [5.41, 5.74) is 7.31. The highest BCUT2D eigenvalue weighted by atomic mass is 35.5. The number of amides is 1. The average Bonchev–Trinajstić information content (AvgIpc) is 2.88. The number of methoxy groups -OCH3 is 1. The van der Waals surface area contributed by atoms with Crippen LogP contribution in [0.4, 0.5) is 10.5 Å². The van der Waals surface area contributed by atoms with Gasteiger partial charge in [0.25, 0.3) is 0 Å². The molecule has 1 N–H and O–H groups in total. The number of halogens is 1. The molecule has 0 radical (unpaired) electrons. The van der Waals surface area contributed by atoms with Gasteiger partial charge in [-0.25, -0.2) is 9.79 Å². The summed E-state index contributed by atoms with van der Waals surface area (Å²) in [7, 11) is 1.62. The van der Waals surface area contributed by atoms with Crippen molar-refractivity contribution in [2.24, 2.45) is 9.98 Å². The first-order valence-corrected chi connectivity index (χ1v) is 11.3. The lowest BCUT2D eigenvalue weighted by Gasteiger charge is -2.31. The SMILES string of the molecule is COc1ccc2c(c1)C(c1ccc(Cl)cc1)=NC(NC(=O)OC(C)(C)C)C1=NC(C)=C=C(C)N12. The maximum absolute atomic E-state index is 12.8. The van der Waals surface area contributed by atoms with Crippen LogP contribution in [0.25, 0.3) is 0 Å². The van der Waals surface area contributed by atoms with Crippen LogP contribution in [-0.4, -0.2) is 36.5 Å². The van der Waals surface area contributed by atoms with Gasteiger partial charge in [0.2, 0.25) is 0 Å². The van der Waals surface area contributed by atoms with Gasteiger partial charge in [0.1, 0.15) is 11.4 Å². The zero-order valence-electron chi connectivity index (χ0n) is 20.1. The van der Waals surface area contributed by atoms with E-state index < -0.39 is 17.9 Å². The van der Waals surface area contributed by atoms with Crippen molar-refractivity contribution in [3.63, 3.8) is 0 Å². The van der Waals surface area contributed by atoms with Crippen LogP contribution in [0.15, 0.2) is 69.6 Å². The summed E-state index contributed by atoms with van der Waals surface area (Å²) in [5.74, 6) is 1.23. The topological polar surface area (TPSA) is 75.5 Å². The van der Waals surface area contributed by atoms with E-state index in [0.717, 1.165) is 22.5 Å². The highest BCUT2D eigenvalue weighted by molar-refractivity contribution is 6.31. The molecule has 2 aliphatic rings. The fourth-order valence-electron chi connectivity index (χ4n) is 3.86. The Morgan fingerprint density at radius 3 is 2.50 bits per heavy atom. The van der Waals surface area contributed by atoms with Crippen LogP contribution in [0.2, 0.25) is 5.02 Å². The van der Waals surface area contributed by atoms with Gasteiger partial charge in [-0.2, -0.15) is 0 Å². The Morgan fingerprint density at radius 1 is 1.15 bits per heavy atom. The van der Waals surface area contributed by atoms with Crippen molar-refractivity contribution in [2.45, 2.75) is 46.4 Å². The molecule has 8 heteroatoms. The molecule has 0 fully saturated rings. The third-order valence-electron chi connectivity index (χ3n) is 5.18. The van der Waals surface area contributed by atoms with Gasteiger partial charge in [0.15, 0.2) is 12.0 Å². The van der Waals surface area contributed by atoms with E-state index in [-0.39, 0.29) is 0 Å². The monoisotopic (exact) mass is 478 g/mol. The normalized spacial score (nSPS) is 17.3. The average molecular weight is 479 g/mol. The zero-order valence-corrected chi connectivity index (χ0v) is 20.8. The molecular formula is C26H27ClN4O3. The number of carbonyl (C=O) groups excluding carboxylic acids is 1. The molecule has 0 saturated heterocycles. The molecule has 0 aromatic heterocycles. The largest absolute Gasteiger partial charge is 0.497 e. The van der Waals surface area contributed by atoms with Crippen LogP contribution < -0.4 is 15.0 Å². The van der Waals surface area contributed by atoms with Crippen LogP contribution in [0, 0.1) is 0 Å². The van der Waals surface area contributed by atoms with Crippen molar-refractivity contribution in [1.29, 1.82) is 0 Å². The maximum Gasteiger partial charge on any atom is 0.409 e. The number of nitrogens with one attached hydrogen (secondary N) is 1. The van der Waals surface area contributed by atoms with Crippen molar-refractivity contribution < 1.29 is 14.3 Å². The third kappa shape index (κ3) is 4.86. The first kappa shape index (κ1) is 23.6. The Labute approximate surface area is 204 Å². The Kier molecular flexibility index (Phi) is 6.26. The molecule has 2 heterocycles. The molecule has 2 aromatic carbocycles. The maximum atomic E-state index is 12.8. The number of fused-ring (bicyclic) bond motifs is 3. The van der Waals surface area contributed by atoms with E-state index in [9.17, 15) is 4.79 Å². The molecule has 0 saturated carbocycles. The highest BCUT2D eigenvalue weighted by Gasteiger charge is 2.35. The van der Waals surface area contributed by atoms with Gasteiger partial charge >= 0.3 is 6.09 Å². The second-order valence-electron chi connectivity index (χ2n) is 9.02. The molecule has 176 valence electrons. The van der Waals surface area contributed by atoms with Gasteiger partial charge in [0, 0.05) is 16.1 Å². The zero-order chi connectivity index (χ0) is 24.6. The molecule has 1 amide bonds. The van der Waals surface area contributed by atoms with E-state index in [1.807, 2.05) is 82.0 Å². The summed E-state index contributed by atoms with van der Waals surface area (Å²) in [6.45, 7) is 9.25. The molecule has 0 spiro atoms. The van der Waals surface area contributed by atoms with Crippen LogP contribution in [0.1, 0.15) is 45.7 Å². The van der Waals surface area contributed by atoms with Crippen molar-refractivity contribution >= 4 is 34.9 Å². The lowest BCUT2D eigenvalue weighted by atomic mass is 9.99. The molecule has 7 nitrogen and oxygen atoms in total. The van der Waals surface area contributed by atoms with Crippen LogP contribution >= 0.6 is 11.6 Å². The number of aliphatic imine (C=N–C) groups is 2. The summed E-state index contributed by atoms with van der Waals surface area (Å²) in [5, 5.41) is 3.52. The number of amidine groups is 1. The first-order chi connectivity index (χ1) is 16.1. The Hall–Kier alpha value is -3.54. The van der Waals surface area contributed by atoms with Crippen LogP contribution in [-0.2, 0) is 4.74 Å². The standard InChI is InChI=1S/C26H27ClN4O3/c1-15-13-16(2)31-21-12-11-19(33-6)14-20(21)22(17-7-9-18(27)10-8-17)29-23(24(31)28-15)30-25(32)34-26(3,4)5/h7-12,14,23H,1-6H3,(H,30,32). The second kappa shape index (κ2) is 9.01. The van der Waals surface area contributed by atoms with Crippen LogP contribution in [0.3, 0.4) is 0 Å². The van der Waals surface area contributed by atoms with Crippen LogP contribution in [0.5, 0.6) is 5.75 Å². The van der Waals surface area contributed by atoms with Gasteiger partial charge < -0.3 is 9.47 Å². The van der Waals surface area contributed by atoms with Gasteiger partial charge in [0.05, 0.1) is 29.9 Å². The molecule has 2 aromatic rings. The lowest BCUT2D eigenvalue weighted by Crippen LogP contribution is -2.48. The van der Waals surface area contributed by atoms with E-state index >= 15 is 0 Å². The summed E-state index contributed by atoms with van der Waals surface area (Å²) in [6.07, 6.45) is -1.40. The number of rotatable bonds is 3. The third-order valence-corrected chi connectivity index (χ3v) is 5.43. The fraction of sp³-hybridized carbons (Fsp3) is 0.308. The minimum absolute atomic E-state index is 0.551. The second-order valence-corrected chi connectivity index (χ2v) is 9.45. The van der Waals surface area contributed by atoms with E-state index in [4.69, 9.17) is 31.1 Å². The van der Waals surface area contributed by atoms with E-state index in [1.54, 1.807) is 7.11 Å². The Morgan fingerprint density at radius 2 is 1.85 bits per heavy atom. The quantitative estimate of drug-likeness (QED) is 0.576. The number of benzene rings is 2. The molecule has 2 aliphatic heterocycles. The number of hydrogen-bond acceptors (Lipinski definition) is 6. The summed E-state index contributed by atoms with van der Waals surface area (Å²) in [4.78, 5) is 24.5. The Bertz CT molecular complexity index is 1270. The Balaban J connectivity index is 1.94. The number of alkyl carbamates (subject to hydrolysis) is 1. The number of allylic oxidation sites excluding steroid dienone is 1. The number of carbonyl (C=O) groups is 1. The number of nitrogens with zero attached hydrogens (tertiary/aromatic N) is 3.